The number of rotatable bonds is 2. The molecule has 0 saturated heterocycles. The van der Waals surface area contributed by atoms with E-state index in [4.69, 9.17) is 0 Å². The van der Waals surface area contributed by atoms with Gasteiger partial charge in [0, 0.05) is 9.37 Å². The van der Waals surface area contributed by atoms with Crippen LogP contribution >= 0.6 is 28.6 Å². The zero-order valence-corrected chi connectivity index (χ0v) is 11.8. The van der Waals surface area contributed by atoms with Crippen LogP contribution in [0.5, 0.6) is 0 Å². The molecule has 2 rings (SSSR count). The van der Waals surface area contributed by atoms with Gasteiger partial charge in [0.25, 0.3) is 0 Å². The van der Waals surface area contributed by atoms with E-state index < -0.39 is 0 Å². The van der Waals surface area contributed by atoms with Gasteiger partial charge in [-0.15, -0.1) is 12.6 Å². The highest BCUT2D eigenvalue weighted by atomic mass is 79.9. The molecule has 2 amide bonds. The molecule has 0 spiro atoms. The highest BCUT2D eigenvalue weighted by Gasteiger charge is 2.06. The van der Waals surface area contributed by atoms with Crippen LogP contribution in [0.25, 0.3) is 0 Å². The fourth-order valence-corrected chi connectivity index (χ4v) is 2.02. The summed E-state index contributed by atoms with van der Waals surface area (Å²) in [6.07, 6.45) is 0. The maximum atomic E-state index is 11.8. The van der Waals surface area contributed by atoms with E-state index in [1.807, 2.05) is 42.5 Å². The van der Waals surface area contributed by atoms with E-state index in [1.54, 1.807) is 6.07 Å². The molecule has 0 aliphatic heterocycles. The van der Waals surface area contributed by atoms with Gasteiger partial charge in [0.05, 0.1) is 11.4 Å². The van der Waals surface area contributed by atoms with Crippen LogP contribution in [0.2, 0.25) is 0 Å². The van der Waals surface area contributed by atoms with Gasteiger partial charge >= 0.3 is 6.03 Å². The first kappa shape index (κ1) is 13.0. The molecule has 0 unspecified atom stereocenters. The molecule has 18 heavy (non-hydrogen) atoms. The minimum Gasteiger partial charge on any atom is -0.307 e. The van der Waals surface area contributed by atoms with Gasteiger partial charge in [0.1, 0.15) is 0 Å². The number of para-hydroxylation sites is 2. The monoisotopic (exact) mass is 322 g/mol. The lowest BCUT2D eigenvalue weighted by atomic mass is 10.3. The first-order valence-electron chi connectivity index (χ1n) is 5.27. The van der Waals surface area contributed by atoms with Crippen molar-refractivity contribution < 1.29 is 4.79 Å². The summed E-state index contributed by atoms with van der Waals surface area (Å²) in [5.74, 6) is 0. The van der Waals surface area contributed by atoms with Crippen LogP contribution in [0.15, 0.2) is 57.9 Å². The molecule has 0 aliphatic rings. The molecule has 0 aromatic heterocycles. The van der Waals surface area contributed by atoms with Gasteiger partial charge in [0.2, 0.25) is 0 Å². The molecular weight excluding hydrogens is 312 g/mol. The van der Waals surface area contributed by atoms with Crippen molar-refractivity contribution in [3.8, 4) is 0 Å². The predicted octanol–water partition coefficient (Wildman–Crippen LogP) is 4.38. The Hall–Kier alpha value is -1.46. The smallest absolute Gasteiger partial charge is 0.307 e. The SMILES string of the molecule is O=C(Nc1ccccc1S)Nc1ccccc1Br. The molecule has 0 saturated carbocycles. The Morgan fingerprint density at radius 1 is 0.944 bits per heavy atom. The van der Waals surface area contributed by atoms with Gasteiger partial charge in [-0.3, -0.25) is 0 Å². The van der Waals surface area contributed by atoms with Crippen LogP contribution in [-0.2, 0) is 0 Å². The topological polar surface area (TPSA) is 41.1 Å². The Labute approximate surface area is 119 Å². The van der Waals surface area contributed by atoms with Crippen LogP contribution in [0.4, 0.5) is 16.2 Å². The molecule has 2 aromatic carbocycles. The van der Waals surface area contributed by atoms with Crippen LogP contribution in [0.3, 0.4) is 0 Å². The summed E-state index contributed by atoms with van der Waals surface area (Å²) in [5.41, 5.74) is 1.39. The third-order valence-electron chi connectivity index (χ3n) is 2.27. The average Bonchev–Trinajstić information content (AvgIpc) is 2.35. The van der Waals surface area contributed by atoms with E-state index in [0.717, 1.165) is 9.37 Å². The van der Waals surface area contributed by atoms with Crippen LogP contribution in [0.1, 0.15) is 0 Å². The second-order valence-corrected chi connectivity index (χ2v) is 4.91. The molecule has 92 valence electrons. The third kappa shape index (κ3) is 3.27. The molecule has 2 N–H and O–H groups in total. The van der Waals surface area contributed by atoms with E-state index in [2.05, 4.69) is 39.2 Å². The summed E-state index contributed by atoms with van der Waals surface area (Å²) in [5, 5.41) is 5.49. The Balaban J connectivity index is 2.06. The standard InChI is InChI=1S/C13H11BrN2OS/c14-9-5-1-2-6-10(9)15-13(17)16-11-7-3-4-8-12(11)18/h1-8,18H,(H2,15,16,17). The van der Waals surface area contributed by atoms with Crippen molar-refractivity contribution in [1.29, 1.82) is 0 Å². The number of amides is 2. The Morgan fingerprint density at radius 2 is 1.50 bits per heavy atom. The number of carbonyl (C=O) groups is 1. The van der Waals surface area contributed by atoms with Crippen molar-refractivity contribution in [3.63, 3.8) is 0 Å². The van der Waals surface area contributed by atoms with E-state index in [0.29, 0.717) is 11.4 Å². The first-order chi connectivity index (χ1) is 8.66. The number of benzene rings is 2. The number of hydrogen-bond acceptors (Lipinski definition) is 2. The molecular formula is C13H11BrN2OS. The lowest BCUT2D eigenvalue weighted by molar-refractivity contribution is 0.262. The van der Waals surface area contributed by atoms with Crippen molar-refractivity contribution >= 4 is 46.0 Å². The highest BCUT2D eigenvalue weighted by Crippen LogP contribution is 2.22. The molecule has 0 heterocycles. The summed E-state index contributed by atoms with van der Waals surface area (Å²) in [6.45, 7) is 0. The normalized spacial score (nSPS) is 9.89. The molecule has 0 bridgehead atoms. The summed E-state index contributed by atoms with van der Waals surface area (Å²) in [7, 11) is 0. The van der Waals surface area contributed by atoms with Crippen molar-refractivity contribution in [1.82, 2.24) is 0 Å². The second-order valence-electron chi connectivity index (χ2n) is 3.58. The molecule has 5 heteroatoms. The molecule has 0 fully saturated rings. The highest BCUT2D eigenvalue weighted by molar-refractivity contribution is 9.10. The van der Waals surface area contributed by atoms with Crippen LogP contribution in [0, 0.1) is 0 Å². The van der Waals surface area contributed by atoms with Gasteiger partial charge < -0.3 is 10.6 Å². The number of nitrogens with one attached hydrogen (secondary N) is 2. The maximum Gasteiger partial charge on any atom is 0.323 e. The van der Waals surface area contributed by atoms with Crippen molar-refractivity contribution in [2.45, 2.75) is 4.90 Å². The summed E-state index contributed by atoms with van der Waals surface area (Å²) >= 11 is 7.63. The van der Waals surface area contributed by atoms with Crippen LogP contribution in [-0.4, -0.2) is 6.03 Å². The van der Waals surface area contributed by atoms with E-state index in [9.17, 15) is 4.79 Å². The molecule has 0 aliphatic carbocycles. The fourth-order valence-electron chi connectivity index (χ4n) is 1.42. The van der Waals surface area contributed by atoms with Gasteiger partial charge in [0.15, 0.2) is 0 Å². The van der Waals surface area contributed by atoms with E-state index in [1.165, 1.54) is 0 Å². The number of urea groups is 1. The van der Waals surface area contributed by atoms with E-state index in [-0.39, 0.29) is 6.03 Å². The van der Waals surface area contributed by atoms with E-state index >= 15 is 0 Å². The van der Waals surface area contributed by atoms with Gasteiger partial charge in [-0.05, 0) is 40.2 Å². The lowest BCUT2D eigenvalue weighted by Gasteiger charge is -2.10. The zero-order chi connectivity index (χ0) is 13.0. The predicted molar refractivity (Wildman–Crippen MR) is 80.5 cm³/mol. The minimum atomic E-state index is -0.302. The number of thiol groups is 1. The Morgan fingerprint density at radius 3 is 2.17 bits per heavy atom. The second kappa shape index (κ2) is 5.93. The summed E-state index contributed by atoms with van der Waals surface area (Å²) < 4.78 is 0.833. The summed E-state index contributed by atoms with van der Waals surface area (Å²) in [4.78, 5) is 12.5. The molecule has 0 radical (unpaired) electrons. The van der Waals surface area contributed by atoms with Gasteiger partial charge in [-0.1, -0.05) is 24.3 Å². The number of halogens is 1. The maximum absolute atomic E-state index is 11.8. The Kier molecular flexibility index (Phi) is 4.28. The largest absolute Gasteiger partial charge is 0.323 e. The number of anilines is 2. The van der Waals surface area contributed by atoms with Crippen molar-refractivity contribution in [2.24, 2.45) is 0 Å². The number of carbonyl (C=O) groups excluding carboxylic acids is 1. The third-order valence-corrected chi connectivity index (χ3v) is 3.36. The van der Waals surface area contributed by atoms with Gasteiger partial charge in [-0.25, -0.2) is 4.79 Å². The van der Waals surface area contributed by atoms with Crippen LogP contribution < -0.4 is 10.6 Å². The quantitative estimate of drug-likeness (QED) is 0.705. The van der Waals surface area contributed by atoms with Gasteiger partial charge in [-0.2, -0.15) is 0 Å². The molecule has 2 aromatic rings. The lowest BCUT2D eigenvalue weighted by Crippen LogP contribution is -2.19. The zero-order valence-electron chi connectivity index (χ0n) is 9.35. The molecule has 0 atom stereocenters. The fraction of sp³-hybridized carbons (Fsp3) is 0. The summed E-state index contributed by atoms with van der Waals surface area (Å²) in [6, 6.07) is 14.4. The molecule has 3 nitrogen and oxygen atoms in total. The Bertz CT molecular complexity index is 525. The van der Waals surface area contributed by atoms with Crippen molar-refractivity contribution in [2.75, 3.05) is 10.6 Å². The van der Waals surface area contributed by atoms with Crippen molar-refractivity contribution in [3.05, 3.63) is 53.0 Å². The number of hydrogen-bond donors (Lipinski definition) is 3. The average molecular weight is 323 g/mol. The first-order valence-corrected chi connectivity index (χ1v) is 6.51. The minimum absolute atomic E-state index is 0.302.